The molecule has 0 unspecified atom stereocenters. The Balaban J connectivity index is 2.14. The Morgan fingerprint density at radius 2 is 1.76 bits per heavy atom. The van der Waals surface area contributed by atoms with Crippen molar-refractivity contribution in [2.45, 2.75) is 13.8 Å². The number of aryl methyl sites for hydroxylation is 2. The van der Waals surface area contributed by atoms with Gasteiger partial charge in [0, 0.05) is 5.56 Å². The van der Waals surface area contributed by atoms with Gasteiger partial charge < -0.3 is 5.73 Å². The molecule has 1 aromatic heterocycles. The van der Waals surface area contributed by atoms with E-state index in [0.717, 1.165) is 22.4 Å². The van der Waals surface area contributed by atoms with E-state index in [1.165, 1.54) is 0 Å². The van der Waals surface area contributed by atoms with Gasteiger partial charge in [-0.3, -0.25) is 0 Å². The highest BCUT2D eigenvalue weighted by Gasteiger charge is 2.12. The number of anilines is 1. The van der Waals surface area contributed by atoms with E-state index in [1.807, 2.05) is 32.0 Å². The molecule has 106 valence electrons. The summed E-state index contributed by atoms with van der Waals surface area (Å²) in [5.74, 6) is 0.628. The molecule has 0 aliphatic carbocycles. The van der Waals surface area contributed by atoms with Crippen molar-refractivity contribution in [1.29, 1.82) is 0 Å². The molecule has 0 atom stereocenters. The highest BCUT2D eigenvalue weighted by molar-refractivity contribution is 6.33. The van der Waals surface area contributed by atoms with Crippen LogP contribution in [0.3, 0.4) is 0 Å². The van der Waals surface area contributed by atoms with Gasteiger partial charge in [0.25, 0.3) is 0 Å². The number of hydrogen-bond donors (Lipinski definition) is 1. The van der Waals surface area contributed by atoms with Gasteiger partial charge >= 0.3 is 0 Å². The van der Waals surface area contributed by atoms with Crippen molar-refractivity contribution < 1.29 is 0 Å². The lowest BCUT2D eigenvalue weighted by Crippen LogP contribution is -2.01. The molecule has 21 heavy (non-hydrogen) atoms. The number of aromatic nitrogens is 4. The third kappa shape index (κ3) is 2.60. The zero-order valence-corrected chi connectivity index (χ0v) is 12.5. The maximum atomic E-state index is 5.96. The molecular weight excluding hydrogens is 286 g/mol. The highest BCUT2D eigenvalue weighted by Crippen LogP contribution is 2.26. The van der Waals surface area contributed by atoms with E-state index in [4.69, 9.17) is 17.3 Å². The number of rotatable bonds is 2. The predicted molar refractivity (Wildman–Crippen MR) is 83.5 cm³/mol. The third-order valence-corrected chi connectivity index (χ3v) is 3.52. The quantitative estimate of drug-likeness (QED) is 0.738. The standard InChI is InChI=1S/C15H14ClN5/c1-9-5-10(2)7-12(6-9)21-15(18-19-20-21)11-3-4-13(16)14(17)8-11/h3-8H,17H2,1-2H3. The molecule has 0 bridgehead atoms. The van der Waals surface area contributed by atoms with Gasteiger partial charge in [0.05, 0.1) is 16.4 Å². The number of nitrogens with zero attached hydrogens (tertiary/aromatic N) is 4. The molecule has 0 aliphatic heterocycles. The third-order valence-electron chi connectivity index (χ3n) is 3.17. The summed E-state index contributed by atoms with van der Waals surface area (Å²) < 4.78 is 1.70. The molecule has 0 fully saturated rings. The van der Waals surface area contributed by atoms with Crippen molar-refractivity contribution in [1.82, 2.24) is 20.2 Å². The van der Waals surface area contributed by atoms with E-state index in [9.17, 15) is 0 Å². The van der Waals surface area contributed by atoms with Gasteiger partial charge in [0.2, 0.25) is 0 Å². The number of tetrazole rings is 1. The van der Waals surface area contributed by atoms with Crippen LogP contribution < -0.4 is 5.73 Å². The van der Waals surface area contributed by atoms with Crippen molar-refractivity contribution in [2.24, 2.45) is 0 Å². The van der Waals surface area contributed by atoms with Crippen molar-refractivity contribution >= 4 is 17.3 Å². The number of hydrogen-bond acceptors (Lipinski definition) is 4. The van der Waals surface area contributed by atoms with Crippen LogP contribution in [0, 0.1) is 13.8 Å². The highest BCUT2D eigenvalue weighted by atomic mass is 35.5. The van der Waals surface area contributed by atoms with Gasteiger partial charge in [-0.25, -0.2) is 0 Å². The summed E-state index contributed by atoms with van der Waals surface area (Å²) in [6, 6.07) is 11.5. The Morgan fingerprint density at radius 1 is 1.05 bits per heavy atom. The lowest BCUT2D eigenvalue weighted by molar-refractivity contribution is 0.790. The van der Waals surface area contributed by atoms with Crippen LogP contribution >= 0.6 is 11.6 Å². The lowest BCUT2D eigenvalue weighted by atomic mass is 10.1. The van der Waals surface area contributed by atoms with Gasteiger partial charge in [-0.2, -0.15) is 4.68 Å². The minimum atomic E-state index is 0.504. The molecule has 0 aliphatic rings. The average Bonchev–Trinajstić information content (AvgIpc) is 2.90. The van der Waals surface area contributed by atoms with Crippen LogP contribution in [-0.2, 0) is 0 Å². The molecular formula is C15H14ClN5. The van der Waals surface area contributed by atoms with Gasteiger partial charge in [-0.1, -0.05) is 17.7 Å². The smallest absolute Gasteiger partial charge is 0.187 e. The second-order valence-corrected chi connectivity index (χ2v) is 5.40. The Bertz CT molecular complexity index is 789. The van der Waals surface area contributed by atoms with E-state index in [0.29, 0.717) is 16.5 Å². The Labute approximate surface area is 127 Å². The van der Waals surface area contributed by atoms with Crippen LogP contribution in [0.1, 0.15) is 11.1 Å². The van der Waals surface area contributed by atoms with Crippen molar-refractivity contribution in [3.05, 3.63) is 52.5 Å². The number of nitrogen functional groups attached to an aromatic ring is 1. The van der Waals surface area contributed by atoms with E-state index in [2.05, 4.69) is 21.6 Å². The molecule has 2 N–H and O–H groups in total. The predicted octanol–water partition coefficient (Wildman–Crippen LogP) is 3.18. The zero-order valence-electron chi connectivity index (χ0n) is 11.7. The first-order chi connectivity index (χ1) is 10.0. The van der Waals surface area contributed by atoms with Gasteiger partial charge in [0.1, 0.15) is 0 Å². The monoisotopic (exact) mass is 299 g/mol. The summed E-state index contributed by atoms with van der Waals surface area (Å²) in [5.41, 5.74) is 10.4. The summed E-state index contributed by atoms with van der Waals surface area (Å²) in [5, 5.41) is 12.5. The Kier molecular flexibility index (Phi) is 3.35. The molecule has 6 heteroatoms. The van der Waals surface area contributed by atoms with Crippen molar-refractivity contribution in [2.75, 3.05) is 5.73 Å². The summed E-state index contributed by atoms with van der Waals surface area (Å²) >= 11 is 5.96. The maximum absolute atomic E-state index is 5.96. The number of benzene rings is 2. The number of nitrogens with two attached hydrogens (primary N) is 1. The van der Waals surface area contributed by atoms with Crippen molar-refractivity contribution in [3.8, 4) is 17.1 Å². The molecule has 1 heterocycles. The first kappa shape index (κ1) is 13.6. The molecule has 3 aromatic rings. The first-order valence-corrected chi connectivity index (χ1v) is 6.85. The maximum Gasteiger partial charge on any atom is 0.187 e. The topological polar surface area (TPSA) is 69.6 Å². The molecule has 3 rings (SSSR count). The van der Waals surface area contributed by atoms with Crippen molar-refractivity contribution in [3.63, 3.8) is 0 Å². The molecule has 0 amide bonds. The summed E-state index contributed by atoms with van der Waals surface area (Å²) in [6.07, 6.45) is 0. The second kappa shape index (κ2) is 5.18. The van der Waals surface area contributed by atoms with Crippen LogP contribution in [0.4, 0.5) is 5.69 Å². The van der Waals surface area contributed by atoms with Crippen LogP contribution in [0.15, 0.2) is 36.4 Å². The summed E-state index contributed by atoms with van der Waals surface area (Å²) in [7, 11) is 0. The van der Waals surface area contributed by atoms with Gasteiger partial charge in [0.15, 0.2) is 5.82 Å². The zero-order chi connectivity index (χ0) is 15.0. The molecule has 0 saturated carbocycles. The first-order valence-electron chi connectivity index (χ1n) is 6.47. The van der Waals surface area contributed by atoms with E-state index in [1.54, 1.807) is 16.8 Å². The average molecular weight is 300 g/mol. The van der Waals surface area contributed by atoms with Gasteiger partial charge in [-0.15, -0.1) is 5.10 Å². The summed E-state index contributed by atoms with van der Waals surface area (Å²) in [4.78, 5) is 0. The number of halogens is 1. The fraction of sp³-hybridized carbons (Fsp3) is 0.133. The van der Waals surface area contributed by atoms with E-state index in [-0.39, 0.29) is 0 Å². The van der Waals surface area contributed by atoms with E-state index < -0.39 is 0 Å². The van der Waals surface area contributed by atoms with Crippen LogP contribution in [-0.4, -0.2) is 20.2 Å². The molecule has 0 radical (unpaired) electrons. The fourth-order valence-electron chi connectivity index (χ4n) is 2.30. The summed E-state index contributed by atoms with van der Waals surface area (Å²) in [6.45, 7) is 4.08. The molecule has 0 spiro atoms. The minimum Gasteiger partial charge on any atom is -0.398 e. The molecule has 0 saturated heterocycles. The van der Waals surface area contributed by atoms with E-state index >= 15 is 0 Å². The van der Waals surface area contributed by atoms with Crippen LogP contribution in [0.5, 0.6) is 0 Å². The normalized spacial score (nSPS) is 10.8. The Morgan fingerprint density at radius 3 is 2.43 bits per heavy atom. The Hall–Kier alpha value is -2.40. The SMILES string of the molecule is Cc1cc(C)cc(-n2nnnc2-c2ccc(Cl)c(N)c2)c1. The largest absolute Gasteiger partial charge is 0.398 e. The van der Waals surface area contributed by atoms with Gasteiger partial charge in [-0.05, 0) is 65.7 Å². The molecule has 2 aromatic carbocycles. The molecule has 5 nitrogen and oxygen atoms in total. The second-order valence-electron chi connectivity index (χ2n) is 5.00. The lowest BCUT2D eigenvalue weighted by Gasteiger charge is -2.08. The van der Waals surface area contributed by atoms with Crippen LogP contribution in [0.2, 0.25) is 5.02 Å². The fourth-order valence-corrected chi connectivity index (χ4v) is 2.41. The van der Waals surface area contributed by atoms with Crippen LogP contribution in [0.25, 0.3) is 17.1 Å². The minimum absolute atomic E-state index is 0.504.